The monoisotopic (exact) mass is 414 g/mol. The first kappa shape index (κ1) is 20.3. The second-order valence-corrected chi connectivity index (χ2v) is 7.74. The highest BCUT2D eigenvalue weighted by molar-refractivity contribution is 6.29. The van der Waals surface area contributed by atoms with E-state index in [1.807, 2.05) is 0 Å². The fourth-order valence-electron chi connectivity index (χ4n) is 2.84. The van der Waals surface area contributed by atoms with Gasteiger partial charge in [0.1, 0.15) is 10.8 Å². The van der Waals surface area contributed by atoms with Gasteiger partial charge in [0, 0.05) is 18.7 Å². The number of rotatable bonds is 2. The lowest BCUT2D eigenvalue weighted by molar-refractivity contribution is -0.275. The van der Waals surface area contributed by atoms with Crippen molar-refractivity contribution in [3.05, 3.63) is 46.6 Å². The fraction of sp³-hybridized carbons (Fsp3) is 0.368. The molecular weight excluding hydrogens is 397 g/mol. The Balaban J connectivity index is 1.87. The van der Waals surface area contributed by atoms with Gasteiger partial charge in [-0.2, -0.15) is 0 Å². The number of hydrogen-bond acceptors (Lipinski definition) is 4. The second-order valence-electron chi connectivity index (χ2n) is 7.35. The zero-order chi connectivity index (χ0) is 20.7. The van der Waals surface area contributed by atoms with Crippen LogP contribution in [0.1, 0.15) is 31.9 Å². The molecule has 0 bridgehead atoms. The molecule has 0 radical (unpaired) electrons. The van der Waals surface area contributed by atoms with Crippen molar-refractivity contribution in [1.29, 1.82) is 0 Å². The van der Waals surface area contributed by atoms with Crippen LogP contribution in [0.15, 0.2) is 30.3 Å². The van der Waals surface area contributed by atoms with E-state index in [1.54, 1.807) is 39.0 Å². The molecule has 1 aromatic heterocycles. The predicted molar refractivity (Wildman–Crippen MR) is 96.8 cm³/mol. The summed E-state index contributed by atoms with van der Waals surface area (Å²) < 4.78 is 47.5. The summed E-state index contributed by atoms with van der Waals surface area (Å²) >= 11 is 5.72. The van der Waals surface area contributed by atoms with E-state index >= 15 is 0 Å². The van der Waals surface area contributed by atoms with E-state index in [-0.39, 0.29) is 10.7 Å². The van der Waals surface area contributed by atoms with Crippen LogP contribution in [-0.4, -0.2) is 27.9 Å². The molecule has 0 spiro atoms. The first-order valence-corrected chi connectivity index (χ1v) is 8.81. The topological polar surface area (TPSA) is 51.7 Å². The highest BCUT2D eigenvalue weighted by atomic mass is 35.5. The van der Waals surface area contributed by atoms with E-state index in [9.17, 15) is 18.0 Å². The van der Waals surface area contributed by atoms with Gasteiger partial charge >= 0.3 is 12.5 Å². The predicted octanol–water partition coefficient (Wildman–Crippen LogP) is 5.55. The number of carbonyl (C=O) groups is 1. The molecule has 1 aromatic carbocycles. The van der Waals surface area contributed by atoms with E-state index in [0.717, 1.165) is 11.1 Å². The molecular formula is C19H18ClF3N2O3. The smallest absolute Gasteiger partial charge is 0.444 e. The molecule has 3 rings (SSSR count). The summed E-state index contributed by atoms with van der Waals surface area (Å²) in [7, 11) is 0. The number of nitrogens with zero attached hydrogens (tertiary/aromatic N) is 2. The van der Waals surface area contributed by atoms with E-state index < -0.39 is 23.9 Å². The van der Waals surface area contributed by atoms with E-state index in [2.05, 4.69) is 9.72 Å². The largest absolute Gasteiger partial charge is 0.574 e. The van der Waals surface area contributed by atoms with Gasteiger partial charge in [0.05, 0.1) is 0 Å². The van der Waals surface area contributed by atoms with Gasteiger partial charge in [0.25, 0.3) is 0 Å². The molecule has 1 amide bonds. The molecule has 2 aromatic rings. The van der Waals surface area contributed by atoms with Crippen molar-refractivity contribution < 1.29 is 27.4 Å². The zero-order valence-electron chi connectivity index (χ0n) is 15.4. The van der Waals surface area contributed by atoms with Crippen LogP contribution < -0.4 is 4.74 Å². The first-order valence-electron chi connectivity index (χ1n) is 8.44. The molecule has 0 saturated carbocycles. The average Bonchev–Trinajstić information content (AvgIpc) is 2.95. The standard InChI is InChI=1S/C19H18ClF3N2O3/c1-18(2,3)28-17(26)25-9-12-5-4-11(8-13(12)10-25)14-6-7-15(20)24-16(14)27-19(21,22)23/h4-8H,9-10H2,1-3H3. The van der Waals surface area contributed by atoms with Crippen molar-refractivity contribution in [2.45, 2.75) is 45.8 Å². The number of halogens is 4. The number of benzene rings is 1. The van der Waals surface area contributed by atoms with Crippen LogP contribution in [0.25, 0.3) is 11.1 Å². The summed E-state index contributed by atoms with van der Waals surface area (Å²) in [5.74, 6) is -0.623. The minimum atomic E-state index is -4.89. The molecule has 1 aliphatic rings. The van der Waals surface area contributed by atoms with Gasteiger partial charge in [-0.25, -0.2) is 9.78 Å². The third kappa shape index (κ3) is 4.86. The molecule has 5 nitrogen and oxygen atoms in total. The van der Waals surface area contributed by atoms with Crippen molar-refractivity contribution in [2.75, 3.05) is 0 Å². The summed E-state index contributed by atoms with van der Waals surface area (Å²) in [6.07, 6.45) is -5.34. The Bertz CT molecular complexity index is 910. The van der Waals surface area contributed by atoms with Crippen LogP contribution in [0.3, 0.4) is 0 Å². The lowest BCUT2D eigenvalue weighted by atomic mass is 10.0. The van der Waals surface area contributed by atoms with Crippen LogP contribution in [-0.2, 0) is 17.8 Å². The van der Waals surface area contributed by atoms with Crippen molar-refractivity contribution in [2.24, 2.45) is 0 Å². The van der Waals surface area contributed by atoms with Gasteiger partial charge in [-0.05, 0) is 55.7 Å². The molecule has 0 saturated heterocycles. The fourth-order valence-corrected chi connectivity index (χ4v) is 2.98. The molecule has 9 heteroatoms. The second kappa shape index (κ2) is 7.16. The maximum atomic E-state index is 12.7. The van der Waals surface area contributed by atoms with Gasteiger partial charge in [-0.15, -0.1) is 13.2 Å². The third-order valence-corrected chi connectivity index (χ3v) is 4.14. The number of aromatic nitrogens is 1. The van der Waals surface area contributed by atoms with E-state index in [4.69, 9.17) is 16.3 Å². The summed E-state index contributed by atoms with van der Waals surface area (Å²) in [4.78, 5) is 17.5. The Morgan fingerprint density at radius 2 is 1.79 bits per heavy atom. The minimum absolute atomic E-state index is 0.111. The van der Waals surface area contributed by atoms with Gasteiger partial charge < -0.3 is 9.47 Å². The highest BCUT2D eigenvalue weighted by Gasteiger charge is 2.34. The van der Waals surface area contributed by atoms with Gasteiger partial charge in [0.2, 0.25) is 5.88 Å². The van der Waals surface area contributed by atoms with E-state index in [0.29, 0.717) is 18.7 Å². The summed E-state index contributed by atoms with van der Waals surface area (Å²) in [5.41, 5.74) is 1.73. The molecule has 2 heterocycles. The number of amides is 1. The van der Waals surface area contributed by atoms with Crippen molar-refractivity contribution in [3.8, 4) is 17.0 Å². The third-order valence-electron chi connectivity index (χ3n) is 3.93. The number of carbonyl (C=O) groups excluding carboxylic acids is 1. The molecule has 0 unspecified atom stereocenters. The van der Waals surface area contributed by atoms with Gasteiger partial charge in [-0.3, -0.25) is 4.90 Å². The quantitative estimate of drug-likeness (QED) is 0.604. The van der Waals surface area contributed by atoms with Crippen LogP contribution in [0.2, 0.25) is 5.15 Å². The number of fused-ring (bicyclic) bond motifs is 1. The minimum Gasteiger partial charge on any atom is -0.444 e. The van der Waals surface area contributed by atoms with E-state index in [1.165, 1.54) is 17.0 Å². The van der Waals surface area contributed by atoms with Crippen LogP contribution >= 0.6 is 11.6 Å². The van der Waals surface area contributed by atoms with Crippen molar-refractivity contribution in [3.63, 3.8) is 0 Å². The molecule has 150 valence electrons. The van der Waals surface area contributed by atoms with Gasteiger partial charge in [-0.1, -0.05) is 23.7 Å². The normalized spacial score (nSPS) is 14.0. The highest BCUT2D eigenvalue weighted by Crippen LogP contribution is 2.36. The lowest BCUT2D eigenvalue weighted by Gasteiger charge is -2.24. The Hall–Kier alpha value is -2.48. The molecule has 0 N–H and O–H groups in total. The van der Waals surface area contributed by atoms with Crippen LogP contribution in [0.4, 0.5) is 18.0 Å². The SMILES string of the molecule is CC(C)(C)OC(=O)N1Cc2ccc(-c3ccc(Cl)nc3OC(F)(F)F)cc2C1. The summed E-state index contributed by atoms with van der Waals surface area (Å²) in [6.45, 7) is 6.01. The maximum absolute atomic E-state index is 12.7. The molecule has 0 fully saturated rings. The average molecular weight is 415 g/mol. The summed E-state index contributed by atoms with van der Waals surface area (Å²) in [6, 6.07) is 7.94. The number of hydrogen-bond donors (Lipinski definition) is 0. The Morgan fingerprint density at radius 3 is 2.43 bits per heavy atom. The number of alkyl halides is 3. The van der Waals surface area contributed by atoms with Crippen LogP contribution in [0, 0.1) is 0 Å². The molecule has 28 heavy (non-hydrogen) atoms. The molecule has 1 aliphatic heterocycles. The van der Waals surface area contributed by atoms with Crippen molar-refractivity contribution in [1.82, 2.24) is 9.88 Å². The van der Waals surface area contributed by atoms with Crippen molar-refractivity contribution >= 4 is 17.7 Å². The lowest BCUT2D eigenvalue weighted by Crippen LogP contribution is -2.33. The molecule has 0 aliphatic carbocycles. The molecule has 0 atom stereocenters. The summed E-state index contributed by atoms with van der Waals surface area (Å²) in [5, 5.41) is -0.111. The number of ether oxygens (including phenoxy) is 2. The maximum Gasteiger partial charge on any atom is 0.574 e. The van der Waals surface area contributed by atoms with Gasteiger partial charge in [0.15, 0.2) is 0 Å². The Morgan fingerprint density at radius 1 is 1.11 bits per heavy atom. The van der Waals surface area contributed by atoms with Crippen LogP contribution in [0.5, 0.6) is 5.88 Å². The number of pyridine rings is 1. The Kier molecular flexibility index (Phi) is 5.18. The Labute approximate surface area is 165 Å². The first-order chi connectivity index (χ1) is 12.9. The zero-order valence-corrected chi connectivity index (χ0v) is 16.2.